The number of hydrogen-bond donors (Lipinski definition) is 3. The molecule has 3 rings (SSSR count). The van der Waals surface area contributed by atoms with Crippen LogP contribution in [0.3, 0.4) is 0 Å². The highest BCUT2D eigenvalue weighted by Gasteiger charge is 2.25. The van der Waals surface area contributed by atoms with Crippen molar-refractivity contribution in [2.75, 3.05) is 13.1 Å². The Kier molecular flexibility index (Phi) is 6.91. The van der Waals surface area contributed by atoms with Gasteiger partial charge in [0.1, 0.15) is 4.90 Å². The Hall–Kier alpha value is -1.75. The first-order valence-electron chi connectivity index (χ1n) is 7.39. The lowest BCUT2D eigenvalue weighted by atomic mass is 10.1. The lowest BCUT2D eigenvalue weighted by Gasteiger charge is -2.32. The molecule has 0 amide bonds. The third-order valence-corrected chi connectivity index (χ3v) is 5.92. The number of aromatic amines is 1. The molecule has 2 aromatic heterocycles. The molecule has 3 N–H and O–H groups in total. The summed E-state index contributed by atoms with van der Waals surface area (Å²) in [4.78, 5) is 12.2. The zero-order valence-electron chi connectivity index (χ0n) is 13.0. The molecular weight excluding hydrogens is 352 g/mol. The van der Waals surface area contributed by atoms with E-state index in [1.807, 2.05) is 6.07 Å². The molecule has 1 unspecified atom stereocenters. The number of carboxylic acid groups (broad SMARTS) is 1. The Morgan fingerprint density at radius 3 is 2.96 bits per heavy atom. The van der Waals surface area contributed by atoms with Crippen LogP contribution in [0.25, 0.3) is 0 Å². The summed E-state index contributed by atoms with van der Waals surface area (Å²) >= 11 is 1.74. The molecule has 1 aliphatic heterocycles. The zero-order chi connectivity index (χ0) is 17.4. The summed E-state index contributed by atoms with van der Waals surface area (Å²) in [6.45, 7) is 2.40. The summed E-state index contributed by atoms with van der Waals surface area (Å²) in [6.07, 6.45) is 4.60. The number of rotatable bonds is 5. The van der Waals surface area contributed by atoms with Gasteiger partial charge in [-0.3, -0.25) is 14.8 Å². The number of nitrogens with one attached hydrogen (secondary N) is 2. The summed E-state index contributed by atoms with van der Waals surface area (Å²) in [5.41, 5.74) is 0. The van der Waals surface area contributed by atoms with Crippen LogP contribution < -0.4 is 4.72 Å². The highest BCUT2D eigenvalue weighted by Crippen LogP contribution is 2.18. The highest BCUT2D eigenvalue weighted by molar-refractivity contribution is 7.89. The van der Waals surface area contributed by atoms with E-state index in [2.05, 4.69) is 31.3 Å². The van der Waals surface area contributed by atoms with E-state index in [0.717, 1.165) is 32.5 Å². The number of piperidine rings is 1. The van der Waals surface area contributed by atoms with Crippen LogP contribution in [-0.4, -0.2) is 54.2 Å². The van der Waals surface area contributed by atoms with Crippen LogP contribution in [0.1, 0.15) is 17.7 Å². The van der Waals surface area contributed by atoms with E-state index in [9.17, 15) is 8.42 Å². The third kappa shape index (κ3) is 5.41. The van der Waals surface area contributed by atoms with Crippen molar-refractivity contribution in [2.24, 2.45) is 0 Å². The molecule has 1 atom stereocenters. The van der Waals surface area contributed by atoms with Crippen molar-refractivity contribution >= 4 is 27.8 Å². The zero-order valence-corrected chi connectivity index (χ0v) is 14.6. The first kappa shape index (κ1) is 18.6. The van der Waals surface area contributed by atoms with Crippen molar-refractivity contribution in [1.82, 2.24) is 19.8 Å². The summed E-state index contributed by atoms with van der Waals surface area (Å²) in [5, 5.41) is 15.2. The average molecular weight is 372 g/mol. The summed E-state index contributed by atoms with van der Waals surface area (Å²) in [6, 6.07) is 4.12. The second-order valence-corrected chi connectivity index (χ2v) is 8.06. The Balaban J connectivity index is 0.000000647. The minimum absolute atomic E-state index is 0.0430. The molecule has 1 fully saturated rings. The van der Waals surface area contributed by atoms with E-state index in [4.69, 9.17) is 9.90 Å². The van der Waals surface area contributed by atoms with Gasteiger partial charge in [0.15, 0.2) is 0 Å². The Labute approximate surface area is 144 Å². The predicted octanol–water partition coefficient (Wildman–Crippen LogP) is 1.11. The second kappa shape index (κ2) is 8.92. The monoisotopic (exact) mass is 372 g/mol. The van der Waals surface area contributed by atoms with Crippen LogP contribution in [0.15, 0.2) is 34.8 Å². The third-order valence-electron chi connectivity index (χ3n) is 3.57. The molecule has 10 heteroatoms. The van der Waals surface area contributed by atoms with Crippen LogP contribution in [0.4, 0.5) is 0 Å². The second-order valence-electron chi connectivity index (χ2n) is 5.31. The smallest absolute Gasteiger partial charge is 0.290 e. The average Bonchev–Trinajstić information content (AvgIpc) is 3.21. The van der Waals surface area contributed by atoms with Gasteiger partial charge in [0.25, 0.3) is 6.47 Å². The molecule has 0 bridgehead atoms. The van der Waals surface area contributed by atoms with Crippen LogP contribution in [0, 0.1) is 0 Å². The minimum Gasteiger partial charge on any atom is -0.483 e. The molecule has 0 aliphatic carbocycles. The number of hydrogen-bond acceptors (Lipinski definition) is 6. The molecule has 2 aromatic rings. The van der Waals surface area contributed by atoms with Crippen molar-refractivity contribution in [3.63, 3.8) is 0 Å². The molecule has 3 heterocycles. The van der Waals surface area contributed by atoms with E-state index in [-0.39, 0.29) is 17.4 Å². The van der Waals surface area contributed by atoms with Crippen molar-refractivity contribution in [3.05, 3.63) is 34.8 Å². The van der Waals surface area contributed by atoms with E-state index >= 15 is 0 Å². The molecule has 0 saturated carbocycles. The maximum Gasteiger partial charge on any atom is 0.290 e. The molecular formula is C14H20N4O4S2. The lowest BCUT2D eigenvalue weighted by molar-refractivity contribution is -0.122. The van der Waals surface area contributed by atoms with Gasteiger partial charge in [-0.05, 0) is 30.8 Å². The molecule has 132 valence electrons. The Bertz CT molecular complexity index is 701. The van der Waals surface area contributed by atoms with Gasteiger partial charge in [0, 0.05) is 30.2 Å². The fourth-order valence-corrected chi connectivity index (χ4v) is 4.50. The Morgan fingerprint density at radius 1 is 1.54 bits per heavy atom. The Morgan fingerprint density at radius 2 is 2.33 bits per heavy atom. The molecule has 24 heavy (non-hydrogen) atoms. The van der Waals surface area contributed by atoms with Crippen LogP contribution in [0.5, 0.6) is 0 Å². The quantitative estimate of drug-likeness (QED) is 0.677. The fraction of sp³-hybridized carbons (Fsp3) is 0.429. The number of aromatic nitrogens is 2. The summed E-state index contributed by atoms with van der Waals surface area (Å²) in [7, 11) is -3.47. The standard InChI is InChI=1S/C13H18N4O2S2.CH2O2/c18-21(19,13-7-14-15-8-13)16-11-3-1-5-17(9-11)10-12-4-2-6-20-12;2-1-3/h2,4,6-8,11,16H,1,3,5,9-10H2,(H,14,15);1H,(H,2,3). The van der Waals surface area contributed by atoms with E-state index in [1.54, 1.807) is 11.3 Å². The van der Waals surface area contributed by atoms with Crippen LogP contribution in [0.2, 0.25) is 0 Å². The largest absolute Gasteiger partial charge is 0.483 e. The van der Waals surface area contributed by atoms with Gasteiger partial charge in [0.05, 0.1) is 6.20 Å². The van der Waals surface area contributed by atoms with E-state index < -0.39 is 10.0 Å². The maximum absolute atomic E-state index is 12.2. The van der Waals surface area contributed by atoms with Crippen molar-refractivity contribution < 1.29 is 18.3 Å². The molecule has 1 aliphatic rings. The normalized spacial score (nSPS) is 18.6. The molecule has 0 radical (unpaired) electrons. The molecule has 1 saturated heterocycles. The molecule has 8 nitrogen and oxygen atoms in total. The molecule has 0 spiro atoms. The number of H-pyrrole nitrogens is 1. The minimum atomic E-state index is -3.47. The van der Waals surface area contributed by atoms with Gasteiger partial charge in [-0.1, -0.05) is 6.07 Å². The SMILES string of the molecule is O=CO.O=S(=O)(NC1CCCN(Cc2cccs2)C1)c1cn[nH]c1. The highest BCUT2D eigenvalue weighted by atomic mass is 32.2. The predicted molar refractivity (Wildman–Crippen MR) is 90.2 cm³/mol. The maximum atomic E-state index is 12.2. The van der Waals surface area contributed by atoms with Gasteiger partial charge < -0.3 is 5.11 Å². The van der Waals surface area contributed by atoms with Gasteiger partial charge in [-0.25, -0.2) is 13.1 Å². The first-order chi connectivity index (χ1) is 11.5. The number of thiophene rings is 1. The summed E-state index contributed by atoms with van der Waals surface area (Å²) in [5.74, 6) is 0. The lowest BCUT2D eigenvalue weighted by Crippen LogP contribution is -2.47. The van der Waals surface area contributed by atoms with E-state index in [0.29, 0.717) is 0 Å². The van der Waals surface area contributed by atoms with Crippen molar-refractivity contribution in [3.8, 4) is 0 Å². The van der Waals surface area contributed by atoms with Crippen molar-refractivity contribution in [1.29, 1.82) is 0 Å². The number of nitrogens with zero attached hydrogens (tertiary/aromatic N) is 2. The van der Waals surface area contributed by atoms with E-state index in [1.165, 1.54) is 17.3 Å². The van der Waals surface area contributed by atoms with Crippen LogP contribution in [-0.2, 0) is 21.4 Å². The van der Waals surface area contributed by atoms with Crippen LogP contribution >= 0.6 is 11.3 Å². The summed E-state index contributed by atoms with van der Waals surface area (Å²) < 4.78 is 27.2. The number of carbonyl (C=O) groups is 1. The number of sulfonamides is 1. The molecule has 0 aromatic carbocycles. The van der Waals surface area contributed by atoms with Gasteiger partial charge in [-0.2, -0.15) is 5.10 Å². The number of likely N-dealkylation sites (tertiary alicyclic amines) is 1. The first-order valence-corrected chi connectivity index (χ1v) is 9.75. The van der Waals surface area contributed by atoms with Crippen molar-refractivity contribution in [2.45, 2.75) is 30.3 Å². The fourth-order valence-electron chi connectivity index (χ4n) is 2.59. The van der Waals surface area contributed by atoms with Gasteiger partial charge >= 0.3 is 0 Å². The van der Waals surface area contributed by atoms with Gasteiger partial charge in [-0.15, -0.1) is 11.3 Å². The topological polar surface area (TPSA) is 115 Å². The van der Waals surface area contributed by atoms with Gasteiger partial charge in [0.2, 0.25) is 10.0 Å².